The minimum absolute atomic E-state index is 0.0298. The van der Waals surface area contributed by atoms with Crippen molar-refractivity contribution in [3.05, 3.63) is 35.9 Å². The summed E-state index contributed by atoms with van der Waals surface area (Å²) in [4.78, 5) is 25.9. The Bertz CT molecular complexity index is 485. The number of amides is 2. The first-order chi connectivity index (χ1) is 9.49. The summed E-state index contributed by atoms with van der Waals surface area (Å²) < 4.78 is 0. The normalized spacial score (nSPS) is 20.3. The second-order valence-electron chi connectivity index (χ2n) is 5.68. The zero-order valence-electron chi connectivity index (χ0n) is 12.3. The summed E-state index contributed by atoms with van der Waals surface area (Å²) in [5.74, 6) is -0.179. The highest BCUT2D eigenvalue weighted by Gasteiger charge is 2.35. The van der Waals surface area contributed by atoms with Gasteiger partial charge in [0.05, 0.1) is 12.0 Å². The van der Waals surface area contributed by atoms with Gasteiger partial charge >= 0.3 is 0 Å². The van der Waals surface area contributed by atoms with E-state index in [1.54, 1.807) is 4.90 Å². The third-order valence-electron chi connectivity index (χ3n) is 3.81. The van der Waals surface area contributed by atoms with Crippen LogP contribution in [0.1, 0.15) is 38.8 Å². The van der Waals surface area contributed by atoms with Crippen LogP contribution in [0.15, 0.2) is 30.3 Å². The smallest absolute Gasteiger partial charge is 0.225 e. The quantitative estimate of drug-likeness (QED) is 0.914. The second-order valence-corrected chi connectivity index (χ2v) is 5.68. The number of carbonyl (C=O) groups excluding carboxylic acids is 2. The molecule has 1 aromatic rings. The van der Waals surface area contributed by atoms with Gasteiger partial charge in [-0.1, -0.05) is 30.3 Å². The Labute approximate surface area is 120 Å². The topological polar surface area (TPSA) is 49.4 Å². The van der Waals surface area contributed by atoms with Crippen LogP contribution in [0.5, 0.6) is 0 Å². The van der Waals surface area contributed by atoms with E-state index in [-0.39, 0.29) is 29.8 Å². The van der Waals surface area contributed by atoms with Crippen molar-refractivity contribution in [3.8, 4) is 0 Å². The van der Waals surface area contributed by atoms with Crippen LogP contribution in [0.2, 0.25) is 0 Å². The van der Waals surface area contributed by atoms with E-state index in [4.69, 9.17) is 0 Å². The van der Waals surface area contributed by atoms with Crippen molar-refractivity contribution < 1.29 is 9.59 Å². The Morgan fingerprint density at radius 2 is 1.90 bits per heavy atom. The third kappa shape index (κ3) is 3.18. The monoisotopic (exact) mass is 274 g/mol. The van der Waals surface area contributed by atoms with E-state index in [0.717, 1.165) is 5.56 Å². The molecule has 0 saturated carbocycles. The lowest BCUT2D eigenvalue weighted by molar-refractivity contribution is -0.130. The lowest BCUT2D eigenvalue weighted by atomic mass is 10.1. The number of hydrogen-bond donors (Lipinski definition) is 1. The number of carbonyl (C=O) groups is 2. The molecule has 0 bridgehead atoms. The molecule has 108 valence electrons. The van der Waals surface area contributed by atoms with E-state index < -0.39 is 0 Å². The first-order valence-electron chi connectivity index (χ1n) is 7.14. The average molecular weight is 274 g/mol. The Kier molecular flexibility index (Phi) is 4.42. The van der Waals surface area contributed by atoms with Gasteiger partial charge in [-0.15, -0.1) is 0 Å². The lowest BCUT2D eigenvalue weighted by Crippen LogP contribution is -2.36. The van der Waals surface area contributed by atoms with Crippen molar-refractivity contribution in [1.82, 2.24) is 10.2 Å². The van der Waals surface area contributed by atoms with Gasteiger partial charge in [-0.05, 0) is 26.3 Å². The Balaban J connectivity index is 1.95. The summed E-state index contributed by atoms with van der Waals surface area (Å²) in [6.07, 6.45) is 0.325. The minimum atomic E-state index is -0.226. The molecular formula is C16H22N2O2. The standard InChI is InChI=1S/C16H22N2O2/c1-11(2)18-10-14(9-15(18)19)16(20)17-12(3)13-7-5-4-6-8-13/h4-8,11-12,14H,9-10H2,1-3H3,(H,17,20)/t12-,14+/m1/s1. The maximum absolute atomic E-state index is 12.3. The lowest BCUT2D eigenvalue weighted by Gasteiger charge is -2.21. The molecule has 1 saturated heterocycles. The first-order valence-corrected chi connectivity index (χ1v) is 7.14. The molecule has 0 radical (unpaired) electrons. The van der Waals surface area contributed by atoms with Crippen LogP contribution in [0.4, 0.5) is 0 Å². The highest BCUT2D eigenvalue weighted by molar-refractivity contribution is 5.89. The van der Waals surface area contributed by atoms with Gasteiger partial charge in [0.15, 0.2) is 0 Å². The van der Waals surface area contributed by atoms with Gasteiger partial charge in [0, 0.05) is 19.0 Å². The number of nitrogens with zero attached hydrogens (tertiary/aromatic N) is 1. The number of nitrogens with one attached hydrogen (secondary N) is 1. The molecule has 1 fully saturated rings. The van der Waals surface area contributed by atoms with Crippen LogP contribution in [-0.2, 0) is 9.59 Å². The fourth-order valence-corrected chi connectivity index (χ4v) is 2.56. The second kappa shape index (κ2) is 6.07. The van der Waals surface area contributed by atoms with Gasteiger partial charge in [0.2, 0.25) is 11.8 Å². The van der Waals surface area contributed by atoms with E-state index in [9.17, 15) is 9.59 Å². The Morgan fingerprint density at radius 1 is 1.25 bits per heavy atom. The maximum atomic E-state index is 12.3. The van der Waals surface area contributed by atoms with Crippen molar-refractivity contribution in [1.29, 1.82) is 0 Å². The van der Waals surface area contributed by atoms with Crippen LogP contribution in [0.3, 0.4) is 0 Å². The molecule has 0 unspecified atom stereocenters. The molecule has 4 nitrogen and oxygen atoms in total. The highest BCUT2D eigenvalue weighted by atomic mass is 16.2. The summed E-state index contributed by atoms with van der Waals surface area (Å²) >= 11 is 0. The summed E-state index contributed by atoms with van der Waals surface area (Å²) in [5.41, 5.74) is 1.07. The largest absolute Gasteiger partial charge is 0.349 e. The van der Waals surface area contributed by atoms with Gasteiger partial charge in [0.25, 0.3) is 0 Å². The summed E-state index contributed by atoms with van der Waals surface area (Å²) in [5, 5.41) is 3.00. The first kappa shape index (κ1) is 14.6. The predicted octanol–water partition coefficient (Wildman–Crippen LogP) is 2.12. The van der Waals surface area contributed by atoms with E-state index in [2.05, 4.69) is 5.32 Å². The molecule has 2 amide bonds. The maximum Gasteiger partial charge on any atom is 0.225 e. The summed E-state index contributed by atoms with van der Waals surface area (Å²) in [6.45, 7) is 6.45. The van der Waals surface area contributed by atoms with Gasteiger partial charge in [-0.2, -0.15) is 0 Å². The molecule has 0 aliphatic carbocycles. The van der Waals surface area contributed by atoms with Crippen LogP contribution >= 0.6 is 0 Å². The van der Waals surface area contributed by atoms with E-state index >= 15 is 0 Å². The molecule has 2 rings (SSSR count). The fourth-order valence-electron chi connectivity index (χ4n) is 2.56. The van der Waals surface area contributed by atoms with E-state index in [0.29, 0.717) is 13.0 Å². The zero-order valence-corrected chi connectivity index (χ0v) is 12.3. The summed E-state index contributed by atoms with van der Waals surface area (Å²) in [7, 11) is 0. The number of likely N-dealkylation sites (tertiary alicyclic amines) is 1. The summed E-state index contributed by atoms with van der Waals surface area (Å²) in [6, 6.07) is 9.97. The van der Waals surface area contributed by atoms with Crippen molar-refractivity contribution in [2.45, 2.75) is 39.3 Å². The zero-order chi connectivity index (χ0) is 14.7. The Hall–Kier alpha value is -1.84. The molecule has 0 aromatic heterocycles. The van der Waals surface area contributed by atoms with E-state index in [1.807, 2.05) is 51.1 Å². The van der Waals surface area contributed by atoms with Crippen molar-refractivity contribution in [3.63, 3.8) is 0 Å². The molecule has 1 heterocycles. The molecule has 1 N–H and O–H groups in total. The van der Waals surface area contributed by atoms with Crippen molar-refractivity contribution >= 4 is 11.8 Å². The van der Waals surface area contributed by atoms with Gasteiger partial charge in [-0.3, -0.25) is 9.59 Å². The van der Waals surface area contributed by atoms with Gasteiger partial charge in [-0.25, -0.2) is 0 Å². The minimum Gasteiger partial charge on any atom is -0.349 e. The van der Waals surface area contributed by atoms with Crippen LogP contribution in [0.25, 0.3) is 0 Å². The molecule has 1 aromatic carbocycles. The average Bonchev–Trinajstić information content (AvgIpc) is 2.82. The molecule has 20 heavy (non-hydrogen) atoms. The van der Waals surface area contributed by atoms with Crippen LogP contribution in [0, 0.1) is 5.92 Å². The molecular weight excluding hydrogens is 252 g/mol. The molecule has 4 heteroatoms. The molecule has 0 spiro atoms. The SMILES string of the molecule is CC(C)N1C[C@@H](C(=O)N[C@H](C)c2ccccc2)CC1=O. The van der Waals surface area contributed by atoms with Crippen LogP contribution in [-0.4, -0.2) is 29.3 Å². The predicted molar refractivity (Wildman–Crippen MR) is 78.0 cm³/mol. The Morgan fingerprint density at radius 3 is 2.45 bits per heavy atom. The molecule has 1 aliphatic heterocycles. The fraction of sp³-hybridized carbons (Fsp3) is 0.500. The van der Waals surface area contributed by atoms with Crippen molar-refractivity contribution in [2.75, 3.05) is 6.54 Å². The highest BCUT2D eigenvalue weighted by Crippen LogP contribution is 2.21. The molecule has 2 atom stereocenters. The van der Waals surface area contributed by atoms with Gasteiger partial charge in [0.1, 0.15) is 0 Å². The number of rotatable bonds is 4. The third-order valence-corrected chi connectivity index (χ3v) is 3.81. The van der Waals surface area contributed by atoms with E-state index in [1.165, 1.54) is 0 Å². The van der Waals surface area contributed by atoms with Crippen molar-refractivity contribution in [2.24, 2.45) is 5.92 Å². The number of hydrogen-bond acceptors (Lipinski definition) is 2. The number of benzene rings is 1. The van der Waals surface area contributed by atoms with Crippen LogP contribution < -0.4 is 5.32 Å². The molecule has 1 aliphatic rings. The van der Waals surface area contributed by atoms with Gasteiger partial charge < -0.3 is 10.2 Å².